The van der Waals surface area contributed by atoms with E-state index in [0.717, 1.165) is 19.1 Å². The summed E-state index contributed by atoms with van der Waals surface area (Å²) in [6, 6.07) is 2.38. The molecule has 0 saturated heterocycles. The summed E-state index contributed by atoms with van der Waals surface area (Å²) in [5, 5.41) is 10.3. The van der Waals surface area contributed by atoms with Gasteiger partial charge in [-0.15, -0.1) is 0 Å². The van der Waals surface area contributed by atoms with Crippen molar-refractivity contribution in [1.29, 1.82) is 0 Å². The SMILES string of the molecule is CC(=O)C(=Cc1ccc([N+](=O)[O-])o1)C(N)=O. The molecule has 0 aliphatic rings. The number of hydrogen-bond donors (Lipinski definition) is 1. The van der Waals surface area contributed by atoms with E-state index in [9.17, 15) is 19.7 Å². The number of nitrogens with zero attached hydrogens (tertiary/aromatic N) is 1. The Balaban J connectivity index is 3.09. The van der Waals surface area contributed by atoms with Gasteiger partial charge in [-0.2, -0.15) is 0 Å². The van der Waals surface area contributed by atoms with E-state index >= 15 is 0 Å². The van der Waals surface area contributed by atoms with Gasteiger partial charge in [-0.1, -0.05) is 0 Å². The molecular weight excluding hydrogens is 216 g/mol. The summed E-state index contributed by atoms with van der Waals surface area (Å²) in [7, 11) is 0. The standard InChI is InChI=1S/C9H8N2O5/c1-5(12)7(9(10)13)4-6-2-3-8(16-6)11(14)15/h2-4H,1H3,(H2,10,13). The van der Waals surface area contributed by atoms with Gasteiger partial charge in [-0.05, 0) is 19.1 Å². The van der Waals surface area contributed by atoms with Gasteiger partial charge in [0.05, 0.1) is 11.6 Å². The Morgan fingerprint density at radius 3 is 2.50 bits per heavy atom. The molecule has 16 heavy (non-hydrogen) atoms. The Labute approximate surface area is 89.7 Å². The number of carbonyl (C=O) groups is 2. The van der Waals surface area contributed by atoms with Crippen LogP contribution in [0.25, 0.3) is 6.08 Å². The number of rotatable bonds is 4. The van der Waals surface area contributed by atoms with Crippen LogP contribution in [0.1, 0.15) is 12.7 Å². The van der Waals surface area contributed by atoms with Gasteiger partial charge in [-0.3, -0.25) is 19.7 Å². The zero-order valence-corrected chi connectivity index (χ0v) is 8.30. The maximum atomic E-state index is 11.0. The molecule has 0 fully saturated rings. The van der Waals surface area contributed by atoms with Crippen LogP contribution in [0.5, 0.6) is 0 Å². The normalized spacial score (nSPS) is 11.2. The van der Waals surface area contributed by atoms with E-state index in [1.807, 2.05) is 0 Å². The van der Waals surface area contributed by atoms with E-state index in [-0.39, 0.29) is 11.3 Å². The first-order valence-electron chi connectivity index (χ1n) is 4.18. The van der Waals surface area contributed by atoms with Gasteiger partial charge in [0.25, 0.3) is 5.91 Å². The lowest BCUT2D eigenvalue weighted by atomic mass is 10.1. The second kappa shape index (κ2) is 4.39. The quantitative estimate of drug-likeness (QED) is 0.265. The molecule has 1 aromatic rings. The Morgan fingerprint density at radius 1 is 1.50 bits per heavy atom. The molecule has 1 heterocycles. The van der Waals surface area contributed by atoms with E-state index in [1.165, 1.54) is 6.07 Å². The molecule has 0 unspecified atom stereocenters. The van der Waals surface area contributed by atoms with Crippen molar-refractivity contribution in [2.24, 2.45) is 5.73 Å². The van der Waals surface area contributed by atoms with E-state index < -0.39 is 22.5 Å². The Kier molecular flexibility index (Phi) is 3.19. The topological polar surface area (TPSA) is 116 Å². The van der Waals surface area contributed by atoms with Crippen molar-refractivity contribution >= 4 is 23.7 Å². The zero-order chi connectivity index (χ0) is 12.3. The first kappa shape index (κ1) is 11.6. The molecule has 1 aromatic heterocycles. The number of amides is 1. The number of ketones is 1. The van der Waals surface area contributed by atoms with Crippen molar-refractivity contribution in [3.63, 3.8) is 0 Å². The predicted octanol–water partition coefficient (Wildman–Crippen LogP) is 0.646. The van der Waals surface area contributed by atoms with Crippen LogP contribution in [0.2, 0.25) is 0 Å². The highest BCUT2D eigenvalue weighted by Crippen LogP contribution is 2.18. The predicted molar refractivity (Wildman–Crippen MR) is 53.2 cm³/mol. The van der Waals surface area contributed by atoms with Gasteiger partial charge in [0.1, 0.15) is 10.7 Å². The highest BCUT2D eigenvalue weighted by Gasteiger charge is 2.14. The molecule has 1 amide bonds. The van der Waals surface area contributed by atoms with Crippen LogP contribution in [0.4, 0.5) is 5.88 Å². The summed E-state index contributed by atoms with van der Waals surface area (Å²) in [5.74, 6) is -1.90. The maximum Gasteiger partial charge on any atom is 0.433 e. The van der Waals surface area contributed by atoms with Crippen molar-refractivity contribution in [3.05, 3.63) is 33.6 Å². The molecule has 0 spiro atoms. The highest BCUT2D eigenvalue weighted by atomic mass is 16.6. The summed E-state index contributed by atoms with van der Waals surface area (Å²) < 4.78 is 4.74. The number of hydrogen-bond acceptors (Lipinski definition) is 5. The smallest absolute Gasteiger partial charge is 0.401 e. The van der Waals surface area contributed by atoms with Crippen LogP contribution >= 0.6 is 0 Å². The summed E-state index contributed by atoms with van der Waals surface area (Å²) in [4.78, 5) is 31.4. The maximum absolute atomic E-state index is 11.0. The second-order valence-electron chi connectivity index (χ2n) is 2.91. The average Bonchev–Trinajstić information content (AvgIpc) is 2.61. The third kappa shape index (κ3) is 2.53. The van der Waals surface area contributed by atoms with Crippen molar-refractivity contribution in [2.45, 2.75) is 6.92 Å². The van der Waals surface area contributed by atoms with E-state index in [4.69, 9.17) is 10.2 Å². The van der Waals surface area contributed by atoms with Gasteiger partial charge in [0, 0.05) is 0 Å². The molecule has 0 aliphatic carbocycles. The number of primary amides is 1. The molecule has 1 rings (SSSR count). The van der Waals surface area contributed by atoms with Crippen molar-refractivity contribution < 1.29 is 18.9 Å². The van der Waals surface area contributed by atoms with Crippen LogP contribution in [0, 0.1) is 10.1 Å². The summed E-state index contributed by atoms with van der Waals surface area (Å²) in [6.45, 7) is 1.16. The van der Waals surface area contributed by atoms with Crippen molar-refractivity contribution in [2.75, 3.05) is 0 Å². The average molecular weight is 224 g/mol. The zero-order valence-electron chi connectivity index (χ0n) is 8.30. The fraction of sp³-hybridized carbons (Fsp3) is 0.111. The van der Waals surface area contributed by atoms with Crippen LogP contribution in [-0.4, -0.2) is 16.6 Å². The molecule has 0 bridgehead atoms. The molecule has 7 nitrogen and oxygen atoms in total. The minimum absolute atomic E-state index is 0.0238. The molecule has 0 saturated carbocycles. The van der Waals surface area contributed by atoms with Gasteiger partial charge in [0.2, 0.25) is 0 Å². The number of nitro groups is 1. The lowest BCUT2D eigenvalue weighted by Gasteiger charge is -1.95. The molecule has 0 aliphatic heterocycles. The van der Waals surface area contributed by atoms with Gasteiger partial charge in [-0.25, -0.2) is 0 Å². The molecule has 2 N–H and O–H groups in total. The molecule has 7 heteroatoms. The first-order valence-corrected chi connectivity index (χ1v) is 4.18. The fourth-order valence-electron chi connectivity index (χ4n) is 1.01. The Hall–Kier alpha value is -2.44. The third-order valence-corrected chi connectivity index (χ3v) is 1.72. The number of nitrogens with two attached hydrogens (primary N) is 1. The fourth-order valence-corrected chi connectivity index (χ4v) is 1.01. The van der Waals surface area contributed by atoms with Crippen LogP contribution in [-0.2, 0) is 9.59 Å². The van der Waals surface area contributed by atoms with Crippen LogP contribution in [0.15, 0.2) is 22.1 Å². The van der Waals surface area contributed by atoms with Crippen LogP contribution < -0.4 is 5.73 Å². The van der Waals surface area contributed by atoms with E-state index in [2.05, 4.69) is 0 Å². The molecule has 0 radical (unpaired) electrons. The van der Waals surface area contributed by atoms with Gasteiger partial charge < -0.3 is 10.2 Å². The minimum atomic E-state index is -0.911. The molecule has 0 atom stereocenters. The number of Topliss-reactive ketones (excluding diaryl/α,β-unsaturated/α-hetero) is 1. The van der Waals surface area contributed by atoms with Crippen molar-refractivity contribution in [3.8, 4) is 0 Å². The van der Waals surface area contributed by atoms with E-state index in [0.29, 0.717) is 0 Å². The number of carbonyl (C=O) groups excluding carboxylic acids is 2. The lowest BCUT2D eigenvalue weighted by molar-refractivity contribution is -0.402. The Morgan fingerprint density at radius 2 is 2.12 bits per heavy atom. The third-order valence-electron chi connectivity index (χ3n) is 1.72. The summed E-state index contributed by atoms with van der Waals surface area (Å²) in [6.07, 6.45) is 1.07. The highest BCUT2D eigenvalue weighted by molar-refractivity contribution is 6.21. The summed E-state index contributed by atoms with van der Waals surface area (Å²) in [5.41, 5.74) is 4.67. The molecular formula is C9H8N2O5. The lowest BCUT2D eigenvalue weighted by Crippen LogP contribution is -2.18. The second-order valence-corrected chi connectivity index (χ2v) is 2.91. The molecule has 0 aromatic carbocycles. The molecule has 84 valence electrons. The van der Waals surface area contributed by atoms with Gasteiger partial charge in [0.15, 0.2) is 5.78 Å². The van der Waals surface area contributed by atoms with E-state index in [1.54, 1.807) is 0 Å². The van der Waals surface area contributed by atoms with Crippen LogP contribution in [0.3, 0.4) is 0 Å². The largest absolute Gasteiger partial charge is 0.433 e. The summed E-state index contributed by atoms with van der Waals surface area (Å²) >= 11 is 0. The van der Waals surface area contributed by atoms with Gasteiger partial charge >= 0.3 is 5.88 Å². The minimum Gasteiger partial charge on any atom is -0.401 e. The Bertz CT molecular complexity index is 470. The number of furan rings is 1. The van der Waals surface area contributed by atoms with Crippen molar-refractivity contribution in [1.82, 2.24) is 0 Å². The monoisotopic (exact) mass is 224 g/mol. The first-order chi connectivity index (χ1) is 7.41.